The molecule has 0 unspecified atom stereocenters. The average molecular weight is 182 g/mol. The Morgan fingerprint density at radius 3 is 2.29 bits per heavy atom. The lowest BCUT2D eigenvalue weighted by Gasteiger charge is -2.02. The molecule has 2 heteroatoms. The van der Waals surface area contributed by atoms with E-state index in [4.69, 9.17) is 11.5 Å². The van der Waals surface area contributed by atoms with Crippen molar-refractivity contribution in [3.63, 3.8) is 0 Å². The molecule has 0 aromatic heterocycles. The van der Waals surface area contributed by atoms with Gasteiger partial charge in [-0.15, -0.1) is 0 Å². The summed E-state index contributed by atoms with van der Waals surface area (Å²) in [5, 5.41) is 0. The van der Waals surface area contributed by atoms with Gasteiger partial charge in [0.1, 0.15) is 0 Å². The summed E-state index contributed by atoms with van der Waals surface area (Å²) in [6.07, 6.45) is 0. The molecule has 2 rings (SSSR count). The summed E-state index contributed by atoms with van der Waals surface area (Å²) in [6.45, 7) is 0. The van der Waals surface area contributed by atoms with Crippen LogP contribution in [0, 0.1) is 12.1 Å². The van der Waals surface area contributed by atoms with E-state index in [9.17, 15) is 0 Å². The van der Waals surface area contributed by atoms with Crippen molar-refractivity contribution in [3.8, 4) is 11.1 Å². The molecule has 2 aromatic carbocycles. The molecule has 0 saturated carbocycles. The van der Waals surface area contributed by atoms with Gasteiger partial charge >= 0.3 is 0 Å². The van der Waals surface area contributed by atoms with Gasteiger partial charge in [-0.1, -0.05) is 24.3 Å². The summed E-state index contributed by atoms with van der Waals surface area (Å²) >= 11 is 0. The van der Waals surface area contributed by atoms with Gasteiger partial charge in [0.15, 0.2) is 0 Å². The quantitative estimate of drug-likeness (QED) is 0.664. The van der Waals surface area contributed by atoms with Gasteiger partial charge in [-0.25, -0.2) is 0 Å². The molecule has 2 aromatic rings. The van der Waals surface area contributed by atoms with E-state index in [2.05, 4.69) is 12.1 Å². The predicted octanol–water partition coefficient (Wildman–Crippen LogP) is 2.12. The van der Waals surface area contributed by atoms with Crippen molar-refractivity contribution in [1.29, 1.82) is 0 Å². The van der Waals surface area contributed by atoms with E-state index in [0.717, 1.165) is 16.8 Å². The maximum Gasteiger partial charge on any atom is 0.0831 e. The number of hydrogen-bond acceptors (Lipinski definition) is 2. The molecule has 0 aliphatic heterocycles. The van der Waals surface area contributed by atoms with Gasteiger partial charge in [0.25, 0.3) is 0 Å². The first-order chi connectivity index (χ1) is 6.77. The van der Waals surface area contributed by atoms with E-state index in [1.807, 2.05) is 30.3 Å². The predicted molar refractivity (Wildman–Crippen MR) is 58.4 cm³/mol. The van der Waals surface area contributed by atoms with Crippen LogP contribution in [0.2, 0.25) is 0 Å². The van der Waals surface area contributed by atoms with Crippen LogP contribution in [0.25, 0.3) is 11.1 Å². The third-order valence-corrected chi connectivity index (χ3v) is 2.02. The lowest BCUT2D eigenvalue weighted by Crippen LogP contribution is -1.88. The molecule has 4 N–H and O–H groups in total. The number of benzene rings is 1. The summed E-state index contributed by atoms with van der Waals surface area (Å²) in [5.41, 5.74) is 14.6. The number of nitrogens with two attached hydrogens (primary N) is 2. The van der Waals surface area contributed by atoms with E-state index in [0.29, 0.717) is 5.69 Å². The van der Waals surface area contributed by atoms with Crippen molar-refractivity contribution in [1.82, 2.24) is 0 Å². The molecule has 0 spiro atoms. The fourth-order valence-corrected chi connectivity index (χ4v) is 1.30. The average Bonchev–Trinajstić information content (AvgIpc) is 2.20. The fourth-order valence-electron chi connectivity index (χ4n) is 1.30. The lowest BCUT2D eigenvalue weighted by molar-refractivity contribution is 1.62. The molecule has 14 heavy (non-hydrogen) atoms. The van der Waals surface area contributed by atoms with Gasteiger partial charge < -0.3 is 11.5 Å². The molecule has 0 heterocycles. The van der Waals surface area contributed by atoms with E-state index in [1.165, 1.54) is 0 Å². The van der Waals surface area contributed by atoms with Gasteiger partial charge in [-0.2, -0.15) is 0 Å². The first kappa shape index (κ1) is 8.46. The van der Waals surface area contributed by atoms with Gasteiger partial charge in [0.05, 0.1) is 5.69 Å². The van der Waals surface area contributed by atoms with Crippen molar-refractivity contribution in [2.75, 3.05) is 11.5 Å². The van der Waals surface area contributed by atoms with E-state index >= 15 is 0 Å². The fraction of sp³-hybridized carbons (Fsp3) is 0. The summed E-state index contributed by atoms with van der Waals surface area (Å²) in [6, 6.07) is 17.1. The van der Waals surface area contributed by atoms with Crippen LogP contribution in [-0.2, 0) is 0 Å². The summed E-state index contributed by atoms with van der Waals surface area (Å²) in [5.74, 6) is 0. The zero-order valence-corrected chi connectivity index (χ0v) is 7.62. The largest absolute Gasteiger partial charge is 0.398 e. The standard InChI is InChI=1S/C12H10N2/c13-10-7-5-9(6-8-10)11-3-1-2-4-12(11)14/h1-5,7H,13-14H2. The summed E-state index contributed by atoms with van der Waals surface area (Å²) in [7, 11) is 0. The Labute approximate surface area is 83.2 Å². The summed E-state index contributed by atoms with van der Waals surface area (Å²) < 4.78 is 0. The Kier molecular flexibility index (Phi) is 2.00. The first-order valence-corrected chi connectivity index (χ1v) is 4.32. The normalized spacial score (nSPS) is 9.43. The maximum absolute atomic E-state index is 5.83. The van der Waals surface area contributed by atoms with Crippen LogP contribution in [-0.4, -0.2) is 0 Å². The van der Waals surface area contributed by atoms with Crippen molar-refractivity contribution < 1.29 is 0 Å². The monoisotopic (exact) mass is 182 g/mol. The highest BCUT2D eigenvalue weighted by atomic mass is 14.6. The Hall–Kier alpha value is -2.14. The molecule has 2 nitrogen and oxygen atoms in total. The number of para-hydroxylation sites is 1. The molecule has 0 radical (unpaired) electrons. The van der Waals surface area contributed by atoms with Gasteiger partial charge in [0.2, 0.25) is 0 Å². The van der Waals surface area contributed by atoms with Crippen LogP contribution < -0.4 is 11.5 Å². The second-order valence-corrected chi connectivity index (χ2v) is 3.04. The van der Waals surface area contributed by atoms with Gasteiger partial charge in [-0.3, -0.25) is 0 Å². The Balaban J connectivity index is 2.50. The first-order valence-electron chi connectivity index (χ1n) is 4.32. The molecule has 0 fully saturated rings. The molecular formula is C12H10N2. The number of hydrogen-bond donors (Lipinski definition) is 2. The minimum Gasteiger partial charge on any atom is -0.398 e. The summed E-state index contributed by atoms with van der Waals surface area (Å²) in [4.78, 5) is 0. The van der Waals surface area contributed by atoms with Crippen LogP contribution in [0.15, 0.2) is 36.4 Å². The zero-order chi connectivity index (χ0) is 9.97. The lowest BCUT2D eigenvalue weighted by atomic mass is 10.1. The Morgan fingerprint density at radius 1 is 0.857 bits per heavy atom. The van der Waals surface area contributed by atoms with Crippen molar-refractivity contribution in [2.24, 2.45) is 0 Å². The highest BCUT2D eigenvalue weighted by Crippen LogP contribution is 2.23. The highest BCUT2D eigenvalue weighted by Gasteiger charge is 1.99. The Bertz CT molecular complexity index is 432. The van der Waals surface area contributed by atoms with Crippen molar-refractivity contribution >= 4 is 11.4 Å². The van der Waals surface area contributed by atoms with Crippen molar-refractivity contribution in [2.45, 2.75) is 0 Å². The molecule has 0 saturated heterocycles. The minimum atomic E-state index is 0.586. The zero-order valence-electron chi connectivity index (χ0n) is 7.62. The van der Waals surface area contributed by atoms with Crippen LogP contribution in [0.3, 0.4) is 0 Å². The second kappa shape index (κ2) is 3.31. The molecular weight excluding hydrogens is 172 g/mol. The van der Waals surface area contributed by atoms with Crippen LogP contribution in [0.5, 0.6) is 0 Å². The third kappa shape index (κ3) is 1.48. The second-order valence-electron chi connectivity index (χ2n) is 3.04. The molecule has 0 atom stereocenters. The molecule has 0 bridgehead atoms. The van der Waals surface area contributed by atoms with Gasteiger partial charge in [-0.05, 0) is 24.3 Å². The minimum absolute atomic E-state index is 0.586. The molecule has 68 valence electrons. The number of anilines is 2. The smallest absolute Gasteiger partial charge is 0.0831 e. The molecule has 0 aliphatic rings. The number of rotatable bonds is 1. The SMILES string of the molecule is Nc1c#cc(-c2ccccc2N)cc1. The molecule has 0 amide bonds. The van der Waals surface area contributed by atoms with Gasteiger partial charge in [0, 0.05) is 16.8 Å². The number of nitrogen functional groups attached to an aromatic ring is 2. The maximum atomic E-state index is 5.83. The topological polar surface area (TPSA) is 52.0 Å². The third-order valence-electron chi connectivity index (χ3n) is 2.02. The van der Waals surface area contributed by atoms with Crippen LogP contribution >= 0.6 is 0 Å². The van der Waals surface area contributed by atoms with Crippen LogP contribution in [0.1, 0.15) is 0 Å². The Morgan fingerprint density at radius 2 is 1.64 bits per heavy atom. The molecule has 0 aliphatic carbocycles. The van der Waals surface area contributed by atoms with E-state index in [1.54, 1.807) is 6.07 Å². The van der Waals surface area contributed by atoms with E-state index in [-0.39, 0.29) is 0 Å². The van der Waals surface area contributed by atoms with Crippen LogP contribution in [0.4, 0.5) is 11.4 Å². The highest BCUT2D eigenvalue weighted by molar-refractivity contribution is 5.75. The van der Waals surface area contributed by atoms with E-state index < -0.39 is 0 Å². The van der Waals surface area contributed by atoms with Crippen molar-refractivity contribution in [3.05, 3.63) is 48.5 Å².